The molecule has 1 saturated carbocycles. The fourth-order valence-corrected chi connectivity index (χ4v) is 3.20. The number of thioether (sulfide) groups is 1. The topological polar surface area (TPSA) is 96.7 Å². The van der Waals surface area contributed by atoms with Crippen LogP contribution in [-0.2, 0) is 4.79 Å². The van der Waals surface area contributed by atoms with Gasteiger partial charge in [0.2, 0.25) is 11.1 Å². The summed E-state index contributed by atoms with van der Waals surface area (Å²) >= 11 is 1.40. The van der Waals surface area contributed by atoms with Crippen LogP contribution in [0.3, 0.4) is 0 Å². The van der Waals surface area contributed by atoms with E-state index in [-0.39, 0.29) is 11.2 Å². The first-order valence-electron chi connectivity index (χ1n) is 7.99. The quantitative estimate of drug-likeness (QED) is 0.719. The van der Waals surface area contributed by atoms with Gasteiger partial charge in [0, 0.05) is 12.0 Å². The van der Waals surface area contributed by atoms with Crippen molar-refractivity contribution in [1.29, 1.82) is 0 Å². The number of nitrogens with one attached hydrogen (secondary N) is 2. The maximum Gasteiger partial charge on any atom is 0.239 e. The van der Waals surface area contributed by atoms with Crippen molar-refractivity contribution in [3.8, 4) is 0 Å². The maximum atomic E-state index is 12.5. The SMILES string of the molecule is CCCCC(Sc1n[nH]c(C2CC2)n1)C(=O)Nc1cc(C)on1. The lowest BCUT2D eigenvalue weighted by Gasteiger charge is -2.13. The third-order valence-electron chi connectivity index (χ3n) is 3.69. The van der Waals surface area contributed by atoms with E-state index in [4.69, 9.17) is 4.52 Å². The number of anilines is 1. The van der Waals surface area contributed by atoms with Gasteiger partial charge >= 0.3 is 0 Å². The highest BCUT2D eigenvalue weighted by Crippen LogP contribution is 2.38. The van der Waals surface area contributed by atoms with Gasteiger partial charge in [-0.3, -0.25) is 9.89 Å². The number of carbonyl (C=O) groups excluding carboxylic acids is 1. The molecule has 1 atom stereocenters. The number of rotatable bonds is 8. The lowest BCUT2D eigenvalue weighted by molar-refractivity contribution is -0.115. The zero-order valence-corrected chi connectivity index (χ0v) is 14.2. The Morgan fingerprint density at radius 3 is 3.04 bits per heavy atom. The van der Waals surface area contributed by atoms with E-state index in [0.717, 1.165) is 25.1 Å². The minimum absolute atomic E-state index is 0.0884. The Bertz CT molecular complexity index is 664. The molecule has 1 amide bonds. The molecule has 8 heteroatoms. The lowest BCUT2D eigenvalue weighted by Crippen LogP contribution is -2.25. The van der Waals surface area contributed by atoms with Crippen molar-refractivity contribution in [3.05, 3.63) is 17.7 Å². The van der Waals surface area contributed by atoms with Gasteiger partial charge in [-0.2, -0.15) is 0 Å². The summed E-state index contributed by atoms with van der Waals surface area (Å²) in [5, 5.41) is 14.2. The molecule has 1 fully saturated rings. The fraction of sp³-hybridized carbons (Fsp3) is 0.600. The summed E-state index contributed by atoms with van der Waals surface area (Å²) in [5.41, 5.74) is 0. The Morgan fingerprint density at radius 1 is 1.57 bits per heavy atom. The Hall–Kier alpha value is -1.83. The van der Waals surface area contributed by atoms with E-state index in [1.165, 1.54) is 24.6 Å². The molecule has 2 aromatic rings. The summed E-state index contributed by atoms with van der Waals surface area (Å²) in [6.07, 6.45) is 5.13. The summed E-state index contributed by atoms with van der Waals surface area (Å²) < 4.78 is 4.98. The smallest absolute Gasteiger partial charge is 0.239 e. The Kier molecular flexibility index (Phi) is 5.00. The predicted molar refractivity (Wildman–Crippen MR) is 87.4 cm³/mol. The molecule has 7 nitrogen and oxygen atoms in total. The highest BCUT2D eigenvalue weighted by atomic mass is 32.2. The van der Waals surface area contributed by atoms with E-state index in [0.29, 0.717) is 22.7 Å². The average molecular weight is 335 g/mol. The third-order valence-corrected chi connectivity index (χ3v) is 4.81. The molecule has 0 aromatic carbocycles. The van der Waals surface area contributed by atoms with Crippen molar-refractivity contribution in [2.24, 2.45) is 0 Å². The van der Waals surface area contributed by atoms with Crippen LogP contribution in [0.1, 0.15) is 56.5 Å². The normalized spacial score (nSPS) is 15.6. The minimum Gasteiger partial charge on any atom is -0.360 e. The molecule has 1 unspecified atom stereocenters. The minimum atomic E-state index is -0.241. The largest absolute Gasteiger partial charge is 0.360 e. The van der Waals surface area contributed by atoms with Crippen LogP contribution in [0, 0.1) is 6.92 Å². The molecule has 0 bridgehead atoms. The zero-order valence-electron chi connectivity index (χ0n) is 13.3. The molecule has 2 N–H and O–H groups in total. The first kappa shape index (κ1) is 16.0. The van der Waals surface area contributed by atoms with Gasteiger partial charge in [0.25, 0.3) is 0 Å². The second-order valence-electron chi connectivity index (χ2n) is 5.84. The van der Waals surface area contributed by atoms with Crippen molar-refractivity contribution in [2.45, 2.75) is 62.3 Å². The van der Waals surface area contributed by atoms with Crippen LogP contribution in [0.4, 0.5) is 5.82 Å². The zero-order chi connectivity index (χ0) is 16.2. The molecule has 2 aromatic heterocycles. The van der Waals surface area contributed by atoms with Gasteiger partial charge in [0.15, 0.2) is 5.82 Å². The van der Waals surface area contributed by atoms with E-state index in [2.05, 4.69) is 32.6 Å². The molecule has 0 radical (unpaired) electrons. The van der Waals surface area contributed by atoms with E-state index in [1.807, 2.05) is 0 Å². The van der Waals surface area contributed by atoms with Gasteiger partial charge in [0.1, 0.15) is 11.6 Å². The molecule has 0 spiro atoms. The number of nitrogens with zero attached hydrogens (tertiary/aromatic N) is 3. The van der Waals surface area contributed by atoms with Crippen LogP contribution >= 0.6 is 11.8 Å². The Balaban J connectivity index is 1.64. The predicted octanol–water partition coefficient (Wildman–Crippen LogP) is 3.27. The van der Waals surface area contributed by atoms with Crippen LogP contribution < -0.4 is 5.32 Å². The van der Waals surface area contributed by atoms with E-state index >= 15 is 0 Å². The second kappa shape index (κ2) is 7.16. The fourth-order valence-electron chi connectivity index (χ4n) is 2.24. The molecule has 23 heavy (non-hydrogen) atoms. The third kappa shape index (κ3) is 4.34. The summed E-state index contributed by atoms with van der Waals surface area (Å²) in [6, 6.07) is 1.71. The molecule has 124 valence electrons. The number of aromatic nitrogens is 4. The Labute approximate surface area is 139 Å². The van der Waals surface area contributed by atoms with Crippen LogP contribution in [0.5, 0.6) is 0 Å². The van der Waals surface area contributed by atoms with Gasteiger partial charge in [-0.25, -0.2) is 4.98 Å². The monoisotopic (exact) mass is 335 g/mol. The number of amides is 1. The van der Waals surface area contributed by atoms with E-state index in [1.54, 1.807) is 13.0 Å². The van der Waals surface area contributed by atoms with Gasteiger partial charge in [-0.1, -0.05) is 36.7 Å². The van der Waals surface area contributed by atoms with Gasteiger partial charge in [0.05, 0.1) is 5.25 Å². The highest BCUT2D eigenvalue weighted by Gasteiger charge is 2.28. The van der Waals surface area contributed by atoms with Crippen molar-refractivity contribution < 1.29 is 9.32 Å². The van der Waals surface area contributed by atoms with Gasteiger partial charge in [-0.05, 0) is 26.2 Å². The van der Waals surface area contributed by atoms with Crippen LogP contribution in [-0.4, -0.2) is 31.5 Å². The summed E-state index contributed by atoms with van der Waals surface area (Å²) in [4.78, 5) is 17.0. The molecule has 1 aliphatic rings. The number of aryl methyl sites for hydroxylation is 1. The molecule has 2 heterocycles. The van der Waals surface area contributed by atoms with Crippen molar-refractivity contribution in [3.63, 3.8) is 0 Å². The second-order valence-corrected chi connectivity index (χ2v) is 7.01. The Morgan fingerprint density at radius 2 is 2.39 bits per heavy atom. The van der Waals surface area contributed by atoms with Crippen LogP contribution in [0.15, 0.2) is 15.7 Å². The molecule has 1 aliphatic carbocycles. The summed E-state index contributed by atoms with van der Waals surface area (Å²) in [5.74, 6) is 2.49. The van der Waals surface area contributed by atoms with Gasteiger partial charge in [-0.15, -0.1) is 5.10 Å². The molecular formula is C15H21N5O2S. The standard InChI is InChI=1S/C15H21N5O2S/c1-3-4-5-11(14(21)16-12-8-9(2)22-20-12)23-15-17-13(18-19-15)10-6-7-10/h8,10-11H,3-7H2,1-2H3,(H,16,20,21)(H,17,18,19). The van der Waals surface area contributed by atoms with Crippen molar-refractivity contribution in [2.75, 3.05) is 5.32 Å². The van der Waals surface area contributed by atoms with Crippen molar-refractivity contribution >= 4 is 23.5 Å². The van der Waals surface area contributed by atoms with E-state index < -0.39 is 0 Å². The highest BCUT2D eigenvalue weighted by molar-refractivity contribution is 8.00. The van der Waals surface area contributed by atoms with Gasteiger partial charge < -0.3 is 9.84 Å². The number of hydrogen-bond acceptors (Lipinski definition) is 6. The summed E-state index contributed by atoms with van der Waals surface area (Å²) in [7, 11) is 0. The number of aromatic amines is 1. The number of hydrogen-bond donors (Lipinski definition) is 2. The van der Waals surface area contributed by atoms with Crippen molar-refractivity contribution in [1.82, 2.24) is 20.3 Å². The maximum absolute atomic E-state index is 12.5. The van der Waals surface area contributed by atoms with Crippen LogP contribution in [0.25, 0.3) is 0 Å². The molecule has 0 aliphatic heterocycles. The molecule has 0 saturated heterocycles. The number of unbranched alkanes of at least 4 members (excludes halogenated alkanes) is 1. The number of carbonyl (C=O) groups is 1. The first-order chi connectivity index (χ1) is 11.2. The van der Waals surface area contributed by atoms with E-state index in [9.17, 15) is 4.79 Å². The average Bonchev–Trinajstić information content (AvgIpc) is 3.15. The molecular weight excluding hydrogens is 314 g/mol. The summed E-state index contributed by atoms with van der Waals surface area (Å²) in [6.45, 7) is 3.90. The first-order valence-corrected chi connectivity index (χ1v) is 8.86. The lowest BCUT2D eigenvalue weighted by atomic mass is 10.2. The van der Waals surface area contributed by atoms with Crippen LogP contribution in [0.2, 0.25) is 0 Å². The molecule has 3 rings (SSSR count). The number of H-pyrrole nitrogens is 1.